The number of aromatic nitrogens is 2. The average Bonchev–Trinajstić information content (AvgIpc) is 3.03. The maximum absolute atomic E-state index is 14.6. The van der Waals surface area contributed by atoms with Crippen LogP contribution >= 0.6 is 0 Å². The second kappa shape index (κ2) is 10.7. The summed E-state index contributed by atoms with van der Waals surface area (Å²) < 4.78 is 49.4. The lowest BCUT2D eigenvalue weighted by molar-refractivity contribution is -0.137. The average molecular weight is 612 g/mol. The smallest absolute Gasteiger partial charge is 0.409 e. The van der Waals surface area contributed by atoms with Gasteiger partial charge in [-0.25, -0.2) is 9.78 Å². The highest BCUT2D eigenvalue weighted by molar-refractivity contribution is 5.96. The zero-order valence-electron chi connectivity index (χ0n) is 25.2. The number of hydrogen-bond donors (Lipinski definition) is 1. The lowest BCUT2D eigenvalue weighted by Crippen LogP contribution is -2.53. The number of carbonyl (C=O) groups is 1. The van der Waals surface area contributed by atoms with E-state index in [1.165, 1.54) is 6.07 Å². The van der Waals surface area contributed by atoms with Gasteiger partial charge in [-0.2, -0.15) is 13.2 Å². The number of alkyl halides is 3. The SMILES string of the molecule is CC(C)(C)N1CCN(c2ccc(-c3nc4ccc(-c5cnc6ccccc6c5)cc4c4c3CNC(=O)O4)cc2C(F)(F)F)CC1. The molecule has 2 aliphatic heterocycles. The first kappa shape index (κ1) is 29.0. The lowest BCUT2D eigenvalue weighted by atomic mass is 9.96. The van der Waals surface area contributed by atoms with Gasteiger partial charge in [0.15, 0.2) is 0 Å². The summed E-state index contributed by atoms with van der Waals surface area (Å²) >= 11 is 0. The van der Waals surface area contributed by atoms with Gasteiger partial charge in [-0.15, -0.1) is 0 Å². The Morgan fingerprint density at radius 1 is 0.844 bits per heavy atom. The van der Waals surface area contributed by atoms with E-state index in [1.54, 1.807) is 24.4 Å². The molecule has 0 spiro atoms. The van der Waals surface area contributed by atoms with E-state index in [0.29, 0.717) is 59.7 Å². The van der Waals surface area contributed by atoms with Gasteiger partial charge in [-0.1, -0.05) is 30.3 Å². The molecule has 7 rings (SSSR count). The fraction of sp³-hybridized carbons (Fsp3) is 0.286. The first-order valence-electron chi connectivity index (χ1n) is 14.9. The molecule has 7 nitrogen and oxygen atoms in total. The van der Waals surface area contributed by atoms with Gasteiger partial charge in [-0.3, -0.25) is 9.88 Å². The van der Waals surface area contributed by atoms with Crippen LogP contribution in [0.2, 0.25) is 0 Å². The summed E-state index contributed by atoms with van der Waals surface area (Å²) in [5.74, 6) is 0.297. The molecule has 1 fully saturated rings. The fourth-order valence-corrected chi connectivity index (χ4v) is 6.29. The Labute approximate surface area is 258 Å². The van der Waals surface area contributed by atoms with Gasteiger partial charge in [0.1, 0.15) is 5.75 Å². The van der Waals surface area contributed by atoms with Crippen LogP contribution in [0.5, 0.6) is 5.75 Å². The Kier molecular flexibility index (Phi) is 6.92. The van der Waals surface area contributed by atoms with Gasteiger partial charge in [0.25, 0.3) is 0 Å². The van der Waals surface area contributed by atoms with Gasteiger partial charge in [0, 0.05) is 71.1 Å². The molecule has 1 N–H and O–H groups in total. The first-order chi connectivity index (χ1) is 21.5. The van der Waals surface area contributed by atoms with Crippen LogP contribution in [-0.2, 0) is 12.7 Å². The predicted octanol–water partition coefficient (Wildman–Crippen LogP) is 7.66. The maximum Gasteiger partial charge on any atom is 0.418 e. The summed E-state index contributed by atoms with van der Waals surface area (Å²) in [4.78, 5) is 25.9. The quantitative estimate of drug-likeness (QED) is 0.226. The number of pyridine rings is 2. The Morgan fingerprint density at radius 2 is 1.60 bits per heavy atom. The molecule has 3 aromatic carbocycles. The highest BCUT2D eigenvalue weighted by Crippen LogP contribution is 2.43. The minimum absolute atomic E-state index is 0.0474. The molecule has 4 heterocycles. The van der Waals surface area contributed by atoms with Crippen LogP contribution < -0.4 is 15.0 Å². The Balaban J connectivity index is 1.31. The van der Waals surface area contributed by atoms with Crippen molar-refractivity contribution >= 4 is 33.6 Å². The number of ether oxygens (including phenoxy) is 1. The minimum Gasteiger partial charge on any atom is -0.409 e. The summed E-state index contributed by atoms with van der Waals surface area (Å²) in [5, 5.41) is 4.24. The van der Waals surface area contributed by atoms with E-state index in [2.05, 4.69) is 36.0 Å². The molecule has 0 atom stereocenters. The van der Waals surface area contributed by atoms with Crippen LogP contribution in [0.4, 0.5) is 23.7 Å². The van der Waals surface area contributed by atoms with E-state index in [4.69, 9.17) is 9.72 Å². The van der Waals surface area contributed by atoms with E-state index in [-0.39, 0.29) is 17.8 Å². The molecule has 2 aromatic heterocycles. The highest BCUT2D eigenvalue weighted by Gasteiger charge is 2.37. The summed E-state index contributed by atoms with van der Waals surface area (Å²) in [5.41, 5.74) is 3.68. The van der Waals surface area contributed by atoms with Gasteiger partial charge < -0.3 is 15.0 Å². The van der Waals surface area contributed by atoms with Crippen molar-refractivity contribution in [3.05, 3.63) is 84.1 Å². The molecule has 0 aliphatic carbocycles. The molecule has 230 valence electrons. The lowest BCUT2D eigenvalue weighted by Gasteiger charge is -2.43. The molecule has 1 saturated heterocycles. The Bertz CT molecular complexity index is 1960. The zero-order valence-corrected chi connectivity index (χ0v) is 25.2. The molecule has 45 heavy (non-hydrogen) atoms. The monoisotopic (exact) mass is 611 g/mol. The van der Waals surface area contributed by atoms with Crippen molar-refractivity contribution in [3.8, 4) is 28.1 Å². The van der Waals surface area contributed by atoms with Crippen molar-refractivity contribution in [2.75, 3.05) is 31.1 Å². The molecular weight excluding hydrogens is 579 g/mol. The molecular formula is C35H32F3N5O2. The van der Waals surface area contributed by atoms with Crippen molar-refractivity contribution in [1.82, 2.24) is 20.2 Å². The third-order valence-corrected chi connectivity index (χ3v) is 8.71. The number of para-hydroxylation sites is 1. The molecule has 0 saturated carbocycles. The number of rotatable bonds is 3. The third kappa shape index (κ3) is 5.44. The van der Waals surface area contributed by atoms with Crippen molar-refractivity contribution in [2.24, 2.45) is 0 Å². The van der Waals surface area contributed by atoms with Crippen molar-refractivity contribution in [1.29, 1.82) is 0 Å². The standard InChI is InChI=1S/C35H32F3N5O2/c1-34(2,3)43-14-12-42(13-15-43)30-11-9-23(18-27(30)35(36,37)38)31-26-20-40-33(44)45-32(26)25-17-21(8-10-29(25)41-31)24-16-22-6-4-5-7-28(22)39-19-24/h4-11,16-19H,12-15,20H2,1-3H3,(H,40,44). The number of fused-ring (bicyclic) bond motifs is 4. The van der Waals surface area contributed by atoms with Crippen molar-refractivity contribution in [2.45, 2.75) is 39.0 Å². The number of benzene rings is 3. The van der Waals surface area contributed by atoms with E-state index in [1.807, 2.05) is 47.4 Å². The second-order valence-corrected chi connectivity index (χ2v) is 12.5. The van der Waals surface area contributed by atoms with Crippen LogP contribution in [0.25, 0.3) is 44.2 Å². The number of amides is 1. The van der Waals surface area contributed by atoms with E-state index < -0.39 is 17.8 Å². The van der Waals surface area contributed by atoms with Crippen molar-refractivity contribution < 1.29 is 22.7 Å². The Hall–Kier alpha value is -4.70. The van der Waals surface area contributed by atoms with Gasteiger partial charge in [0.2, 0.25) is 0 Å². The summed E-state index contributed by atoms with van der Waals surface area (Å²) in [6, 6.07) is 19.8. The van der Waals surface area contributed by atoms with E-state index >= 15 is 0 Å². The molecule has 0 radical (unpaired) electrons. The van der Waals surface area contributed by atoms with Gasteiger partial charge in [-0.05, 0) is 62.7 Å². The number of halogens is 3. The van der Waals surface area contributed by atoms with Gasteiger partial charge >= 0.3 is 12.3 Å². The van der Waals surface area contributed by atoms with Crippen LogP contribution in [0, 0.1) is 0 Å². The summed E-state index contributed by atoms with van der Waals surface area (Å²) in [7, 11) is 0. The topological polar surface area (TPSA) is 70.6 Å². The molecule has 0 bridgehead atoms. The number of nitrogens with zero attached hydrogens (tertiary/aromatic N) is 4. The van der Waals surface area contributed by atoms with Crippen molar-refractivity contribution in [3.63, 3.8) is 0 Å². The number of carbonyl (C=O) groups excluding carboxylic acids is 1. The van der Waals surface area contributed by atoms with E-state index in [0.717, 1.165) is 22.0 Å². The Morgan fingerprint density at radius 3 is 2.36 bits per heavy atom. The largest absolute Gasteiger partial charge is 0.418 e. The van der Waals surface area contributed by atoms with Crippen LogP contribution in [-0.4, -0.2) is 52.7 Å². The van der Waals surface area contributed by atoms with Crippen LogP contribution in [0.15, 0.2) is 72.9 Å². The minimum atomic E-state index is -4.57. The normalized spacial score (nSPS) is 16.0. The third-order valence-electron chi connectivity index (χ3n) is 8.71. The van der Waals surface area contributed by atoms with Gasteiger partial charge in [0.05, 0.1) is 28.8 Å². The molecule has 10 heteroatoms. The molecule has 0 unspecified atom stereocenters. The first-order valence-corrected chi connectivity index (χ1v) is 14.9. The second-order valence-electron chi connectivity index (χ2n) is 12.5. The van der Waals surface area contributed by atoms with E-state index in [9.17, 15) is 18.0 Å². The number of nitrogens with one attached hydrogen (secondary N) is 1. The number of piperazine rings is 1. The zero-order chi connectivity index (χ0) is 31.5. The maximum atomic E-state index is 14.6. The summed E-state index contributed by atoms with van der Waals surface area (Å²) in [6.45, 7) is 8.77. The molecule has 1 amide bonds. The van der Waals surface area contributed by atoms with Crippen LogP contribution in [0.3, 0.4) is 0 Å². The number of hydrogen-bond acceptors (Lipinski definition) is 6. The summed E-state index contributed by atoms with van der Waals surface area (Å²) in [6.07, 6.45) is -3.41. The van der Waals surface area contributed by atoms with Crippen LogP contribution in [0.1, 0.15) is 31.9 Å². The molecule has 2 aliphatic rings. The predicted molar refractivity (Wildman–Crippen MR) is 169 cm³/mol. The fourth-order valence-electron chi connectivity index (χ4n) is 6.29. The molecule has 5 aromatic rings. The number of anilines is 1. The highest BCUT2D eigenvalue weighted by atomic mass is 19.4.